The fourth-order valence-electron chi connectivity index (χ4n) is 1.17. The first-order valence-electron chi connectivity index (χ1n) is 5.44. The van der Waals surface area contributed by atoms with E-state index < -0.39 is 5.54 Å². The van der Waals surface area contributed by atoms with E-state index in [0.29, 0.717) is 13.0 Å². The molecule has 90 valence electrons. The number of carbonyl (C=O) groups excluding carboxylic acids is 1. The molecular formula is C11H19N3OS. The maximum absolute atomic E-state index is 11.7. The van der Waals surface area contributed by atoms with Crippen LogP contribution in [0.5, 0.6) is 0 Å². The Balaban J connectivity index is 2.44. The van der Waals surface area contributed by atoms with Crippen molar-refractivity contribution < 1.29 is 4.79 Å². The van der Waals surface area contributed by atoms with Crippen LogP contribution in [0.2, 0.25) is 0 Å². The first kappa shape index (κ1) is 13.1. The number of hydrogen-bond acceptors (Lipinski definition) is 4. The molecule has 5 heteroatoms. The number of thiazole rings is 1. The normalized spacial score (nSPS) is 16.5. The Morgan fingerprint density at radius 2 is 2.44 bits per heavy atom. The molecule has 16 heavy (non-hydrogen) atoms. The van der Waals surface area contributed by atoms with Crippen molar-refractivity contribution in [2.75, 3.05) is 6.54 Å². The van der Waals surface area contributed by atoms with Crippen molar-refractivity contribution >= 4 is 17.2 Å². The molecular weight excluding hydrogens is 222 g/mol. The van der Waals surface area contributed by atoms with Crippen molar-refractivity contribution in [3.05, 3.63) is 16.6 Å². The molecule has 1 rings (SSSR count). The Morgan fingerprint density at radius 1 is 1.75 bits per heavy atom. The second-order valence-electron chi connectivity index (χ2n) is 4.25. The Bertz CT molecular complexity index is 335. The molecule has 1 heterocycles. The summed E-state index contributed by atoms with van der Waals surface area (Å²) in [4.78, 5) is 15.9. The second-order valence-corrected chi connectivity index (χ2v) is 5.18. The molecule has 0 aromatic carbocycles. The Kier molecular flexibility index (Phi) is 4.44. The smallest absolute Gasteiger partial charge is 0.239 e. The van der Waals surface area contributed by atoms with Gasteiger partial charge < -0.3 is 11.1 Å². The van der Waals surface area contributed by atoms with Gasteiger partial charge in [0.25, 0.3) is 0 Å². The summed E-state index contributed by atoms with van der Waals surface area (Å²) in [7, 11) is 0. The average molecular weight is 241 g/mol. The highest BCUT2D eigenvalue weighted by Gasteiger charge is 2.26. The van der Waals surface area contributed by atoms with Crippen LogP contribution >= 0.6 is 11.3 Å². The number of nitrogens with two attached hydrogens (primary N) is 1. The highest BCUT2D eigenvalue weighted by Crippen LogP contribution is 2.16. The Morgan fingerprint density at radius 3 is 2.94 bits per heavy atom. The molecule has 1 aromatic rings. The monoisotopic (exact) mass is 241 g/mol. The quantitative estimate of drug-likeness (QED) is 0.820. The van der Waals surface area contributed by atoms with Crippen LogP contribution in [0, 0.1) is 0 Å². The first-order valence-corrected chi connectivity index (χ1v) is 6.32. The standard InChI is InChI=1S/C11H19N3OS/c1-4-11(3,12)10(15)14-7-8(2)9-13-5-6-16-9/h5-6,8H,4,7,12H2,1-3H3,(H,14,15). The molecule has 0 aliphatic heterocycles. The van der Waals surface area contributed by atoms with Gasteiger partial charge in [-0.25, -0.2) is 4.98 Å². The van der Waals surface area contributed by atoms with Crippen molar-refractivity contribution in [3.8, 4) is 0 Å². The summed E-state index contributed by atoms with van der Waals surface area (Å²) >= 11 is 1.60. The molecule has 0 aliphatic rings. The van der Waals surface area contributed by atoms with E-state index in [-0.39, 0.29) is 11.8 Å². The Labute approximate surface area is 100 Å². The lowest BCUT2D eigenvalue weighted by Crippen LogP contribution is -2.51. The average Bonchev–Trinajstić information content (AvgIpc) is 2.78. The number of aromatic nitrogens is 1. The highest BCUT2D eigenvalue weighted by molar-refractivity contribution is 7.09. The third-order valence-corrected chi connectivity index (χ3v) is 3.70. The predicted molar refractivity (Wildman–Crippen MR) is 66.4 cm³/mol. The summed E-state index contributed by atoms with van der Waals surface area (Å²) in [6.07, 6.45) is 2.40. The van der Waals surface area contributed by atoms with E-state index in [1.54, 1.807) is 24.5 Å². The highest BCUT2D eigenvalue weighted by atomic mass is 32.1. The number of nitrogens with zero attached hydrogens (tertiary/aromatic N) is 1. The zero-order valence-corrected chi connectivity index (χ0v) is 10.8. The van der Waals surface area contributed by atoms with Crippen molar-refractivity contribution in [2.45, 2.75) is 38.6 Å². The minimum Gasteiger partial charge on any atom is -0.354 e. The summed E-state index contributed by atoms with van der Waals surface area (Å²) in [6.45, 7) is 6.28. The molecule has 0 fully saturated rings. The van der Waals surface area contributed by atoms with Gasteiger partial charge in [0.1, 0.15) is 0 Å². The zero-order valence-electron chi connectivity index (χ0n) is 9.99. The van der Waals surface area contributed by atoms with Crippen LogP contribution < -0.4 is 11.1 Å². The number of hydrogen-bond donors (Lipinski definition) is 2. The van der Waals surface area contributed by atoms with Crippen molar-refractivity contribution in [3.63, 3.8) is 0 Å². The minimum atomic E-state index is -0.775. The van der Waals surface area contributed by atoms with E-state index in [0.717, 1.165) is 5.01 Å². The van der Waals surface area contributed by atoms with Crippen LogP contribution in [0.25, 0.3) is 0 Å². The van der Waals surface area contributed by atoms with Gasteiger partial charge in [-0.1, -0.05) is 13.8 Å². The molecule has 2 unspecified atom stereocenters. The van der Waals surface area contributed by atoms with Crippen LogP contribution in [0.4, 0.5) is 0 Å². The topological polar surface area (TPSA) is 68.0 Å². The minimum absolute atomic E-state index is 0.0987. The first-order chi connectivity index (χ1) is 7.47. The van der Waals surface area contributed by atoms with Crippen LogP contribution in [0.15, 0.2) is 11.6 Å². The zero-order chi connectivity index (χ0) is 12.2. The largest absolute Gasteiger partial charge is 0.354 e. The number of rotatable bonds is 5. The van der Waals surface area contributed by atoms with Gasteiger partial charge in [-0.15, -0.1) is 11.3 Å². The van der Waals surface area contributed by atoms with E-state index in [1.807, 2.05) is 19.2 Å². The van der Waals surface area contributed by atoms with Gasteiger partial charge in [-0.05, 0) is 13.3 Å². The van der Waals surface area contributed by atoms with Gasteiger partial charge in [0, 0.05) is 24.0 Å². The summed E-state index contributed by atoms with van der Waals surface area (Å²) < 4.78 is 0. The van der Waals surface area contributed by atoms with Crippen molar-refractivity contribution in [1.29, 1.82) is 0 Å². The molecule has 0 saturated carbocycles. The van der Waals surface area contributed by atoms with Crippen molar-refractivity contribution in [1.82, 2.24) is 10.3 Å². The van der Waals surface area contributed by atoms with E-state index >= 15 is 0 Å². The molecule has 1 amide bonds. The lowest BCUT2D eigenvalue weighted by atomic mass is 9.99. The van der Waals surface area contributed by atoms with Gasteiger partial charge in [0.15, 0.2) is 0 Å². The molecule has 0 saturated heterocycles. The van der Waals surface area contributed by atoms with Crippen LogP contribution in [-0.2, 0) is 4.79 Å². The van der Waals surface area contributed by atoms with E-state index in [2.05, 4.69) is 10.3 Å². The SMILES string of the molecule is CCC(C)(N)C(=O)NCC(C)c1nccs1. The number of nitrogens with one attached hydrogen (secondary N) is 1. The number of carbonyl (C=O) groups is 1. The van der Waals surface area contributed by atoms with E-state index in [9.17, 15) is 4.79 Å². The molecule has 2 atom stereocenters. The van der Waals surface area contributed by atoms with Gasteiger partial charge in [0.2, 0.25) is 5.91 Å². The van der Waals surface area contributed by atoms with Gasteiger partial charge in [-0.3, -0.25) is 4.79 Å². The van der Waals surface area contributed by atoms with E-state index in [1.165, 1.54) is 0 Å². The molecule has 4 nitrogen and oxygen atoms in total. The lowest BCUT2D eigenvalue weighted by molar-refractivity contribution is -0.125. The maximum atomic E-state index is 11.7. The fourth-order valence-corrected chi connectivity index (χ4v) is 1.87. The summed E-state index contributed by atoms with van der Waals surface area (Å²) in [5.41, 5.74) is 5.06. The van der Waals surface area contributed by atoms with Gasteiger partial charge >= 0.3 is 0 Å². The molecule has 0 radical (unpaired) electrons. The van der Waals surface area contributed by atoms with Crippen molar-refractivity contribution in [2.24, 2.45) is 5.73 Å². The summed E-state index contributed by atoms with van der Waals surface area (Å²) in [6, 6.07) is 0. The maximum Gasteiger partial charge on any atom is 0.239 e. The van der Waals surface area contributed by atoms with Crippen LogP contribution in [0.1, 0.15) is 38.1 Å². The molecule has 0 spiro atoms. The fraction of sp³-hybridized carbons (Fsp3) is 0.636. The molecule has 0 aliphatic carbocycles. The van der Waals surface area contributed by atoms with Crippen LogP contribution in [-0.4, -0.2) is 23.0 Å². The number of amides is 1. The van der Waals surface area contributed by atoms with Crippen LogP contribution in [0.3, 0.4) is 0 Å². The van der Waals surface area contributed by atoms with E-state index in [4.69, 9.17) is 5.73 Å². The van der Waals surface area contributed by atoms with Gasteiger partial charge in [0.05, 0.1) is 10.5 Å². The van der Waals surface area contributed by atoms with Gasteiger partial charge in [-0.2, -0.15) is 0 Å². The molecule has 1 aromatic heterocycles. The second kappa shape index (κ2) is 5.41. The predicted octanol–water partition coefficient (Wildman–Crippen LogP) is 1.49. The summed E-state index contributed by atoms with van der Waals surface area (Å²) in [5, 5.41) is 5.84. The third kappa shape index (κ3) is 3.28. The lowest BCUT2D eigenvalue weighted by Gasteiger charge is -2.22. The molecule has 3 N–H and O–H groups in total. The molecule has 0 bridgehead atoms. The summed E-state index contributed by atoms with van der Waals surface area (Å²) in [5.74, 6) is 0.134. The third-order valence-electron chi connectivity index (χ3n) is 2.69. The Hall–Kier alpha value is -0.940.